The minimum absolute atomic E-state index is 0.00584. The molecule has 3 rings (SSSR count). The highest BCUT2D eigenvalue weighted by molar-refractivity contribution is 5.94. The molecule has 1 aliphatic rings. The highest BCUT2D eigenvalue weighted by Crippen LogP contribution is 2.19. The minimum atomic E-state index is -1.04. The fourth-order valence-corrected chi connectivity index (χ4v) is 3.40. The highest BCUT2D eigenvalue weighted by atomic mass is 19.1. The Morgan fingerprint density at radius 3 is 2.50 bits per heavy atom. The first-order chi connectivity index (χ1) is 13.4. The van der Waals surface area contributed by atoms with Crippen molar-refractivity contribution in [2.45, 2.75) is 38.3 Å². The van der Waals surface area contributed by atoms with Crippen LogP contribution < -0.4 is 5.32 Å². The van der Waals surface area contributed by atoms with Crippen LogP contribution in [0.1, 0.15) is 46.9 Å². The van der Waals surface area contributed by atoms with Gasteiger partial charge in [0, 0.05) is 24.7 Å². The molecule has 6 heteroatoms. The van der Waals surface area contributed by atoms with Gasteiger partial charge in [-0.15, -0.1) is 0 Å². The molecule has 2 N–H and O–H groups in total. The molecule has 1 saturated heterocycles. The van der Waals surface area contributed by atoms with E-state index < -0.39 is 11.9 Å². The van der Waals surface area contributed by atoms with Gasteiger partial charge in [-0.25, -0.2) is 4.39 Å². The number of amides is 2. The molecule has 1 fully saturated rings. The third-order valence-corrected chi connectivity index (χ3v) is 5.06. The fraction of sp³-hybridized carbons (Fsp3) is 0.364. The first-order valence-electron chi connectivity index (χ1n) is 9.51. The Labute approximate surface area is 164 Å². The molecule has 2 aromatic carbocycles. The van der Waals surface area contributed by atoms with E-state index in [1.165, 1.54) is 18.2 Å². The van der Waals surface area contributed by atoms with Crippen molar-refractivity contribution in [1.82, 2.24) is 10.2 Å². The van der Waals surface area contributed by atoms with Gasteiger partial charge in [0.25, 0.3) is 5.91 Å². The van der Waals surface area contributed by atoms with Crippen LogP contribution in [0.5, 0.6) is 0 Å². The molecule has 2 aromatic rings. The van der Waals surface area contributed by atoms with Crippen molar-refractivity contribution < 1.29 is 19.1 Å². The molecule has 0 aromatic heterocycles. The number of carbonyl (C=O) groups excluding carboxylic acids is 2. The van der Waals surface area contributed by atoms with Gasteiger partial charge in [-0.1, -0.05) is 29.8 Å². The number of benzene rings is 2. The minimum Gasteiger partial charge on any atom is -0.388 e. The Hall–Kier alpha value is -2.73. The second kappa shape index (κ2) is 8.97. The normalized spacial score (nSPS) is 15.9. The maximum atomic E-state index is 13.2. The molecule has 0 spiro atoms. The number of carbonyl (C=O) groups is 2. The third kappa shape index (κ3) is 5.16. The number of hydrogen-bond acceptors (Lipinski definition) is 3. The summed E-state index contributed by atoms with van der Waals surface area (Å²) in [6.07, 6.45) is 0.170. The number of likely N-dealkylation sites (tertiary alicyclic amines) is 1. The first kappa shape index (κ1) is 20.0. The predicted octanol–water partition coefficient (Wildman–Crippen LogP) is 2.98. The van der Waals surface area contributed by atoms with E-state index in [2.05, 4.69) is 5.32 Å². The van der Waals surface area contributed by atoms with Crippen molar-refractivity contribution in [2.24, 2.45) is 0 Å². The van der Waals surface area contributed by atoms with Gasteiger partial charge >= 0.3 is 0 Å². The van der Waals surface area contributed by atoms with Crippen LogP contribution in [0.15, 0.2) is 48.5 Å². The van der Waals surface area contributed by atoms with Gasteiger partial charge in [0.2, 0.25) is 5.91 Å². The lowest BCUT2D eigenvalue weighted by Gasteiger charge is -2.32. The Bertz CT molecular complexity index is 830. The van der Waals surface area contributed by atoms with E-state index in [0.29, 0.717) is 37.1 Å². The first-order valence-corrected chi connectivity index (χ1v) is 9.51. The number of rotatable bonds is 5. The molecule has 1 unspecified atom stereocenters. The van der Waals surface area contributed by atoms with Crippen molar-refractivity contribution in [3.8, 4) is 0 Å². The van der Waals surface area contributed by atoms with Crippen LogP contribution in [-0.2, 0) is 4.79 Å². The van der Waals surface area contributed by atoms with E-state index in [-0.39, 0.29) is 24.3 Å². The summed E-state index contributed by atoms with van der Waals surface area (Å²) < 4.78 is 13.2. The quantitative estimate of drug-likeness (QED) is 0.833. The van der Waals surface area contributed by atoms with E-state index >= 15 is 0 Å². The second-order valence-corrected chi connectivity index (χ2v) is 7.27. The SMILES string of the molecule is Cc1ccc(C(=O)N2CCC(NC(=O)CC(O)c3cccc(F)c3)CC2)cc1. The lowest BCUT2D eigenvalue weighted by atomic mass is 10.0. The molecule has 0 bridgehead atoms. The summed E-state index contributed by atoms with van der Waals surface area (Å²) in [6.45, 7) is 3.13. The van der Waals surface area contributed by atoms with Gasteiger partial charge in [-0.05, 0) is 49.6 Å². The molecule has 2 amide bonds. The molecule has 1 atom stereocenters. The number of aryl methyl sites for hydroxylation is 1. The number of hydrogen-bond donors (Lipinski definition) is 2. The lowest BCUT2D eigenvalue weighted by molar-refractivity contribution is -0.124. The van der Waals surface area contributed by atoms with Gasteiger partial charge in [0.15, 0.2) is 0 Å². The van der Waals surface area contributed by atoms with Crippen molar-refractivity contribution in [2.75, 3.05) is 13.1 Å². The van der Waals surface area contributed by atoms with E-state index in [9.17, 15) is 19.1 Å². The standard InChI is InChI=1S/C22H25FN2O3/c1-15-5-7-16(8-6-15)22(28)25-11-9-19(10-12-25)24-21(27)14-20(26)17-3-2-4-18(23)13-17/h2-8,13,19-20,26H,9-12,14H2,1H3,(H,24,27). The van der Waals surface area contributed by atoms with Gasteiger partial charge in [-0.3, -0.25) is 9.59 Å². The van der Waals surface area contributed by atoms with Crippen molar-refractivity contribution in [1.29, 1.82) is 0 Å². The molecule has 148 valence electrons. The summed E-state index contributed by atoms with van der Waals surface area (Å²) in [6, 6.07) is 13.1. The third-order valence-electron chi connectivity index (χ3n) is 5.06. The van der Waals surface area contributed by atoms with Gasteiger partial charge in [0.1, 0.15) is 5.82 Å². The zero-order valence-electron chi connectivity index (χ0n) is 15.9. The summed E-state index contributed by atoms with van der Waals surface area (Å²) >= 11 is 0. The maximum absolute atomic E-state index is 13.2. The maximum Gasteiger partial charge on any atom is 0.253 e. The Morgan fingerprint density at radius 1 is 1.18 bits per heavy atom. The molecular formula is C22H25FN2O3. The van der Waals surface area contributed by atoms with E-state index in [1.54, 1.807) is 11.0 Å². The summed E-state index contributed by atoms with van der Waals surface area (Å²) in [4.78, 5) is 26.5. The highest BCUT2D eigenvalue weighted by Gasteiger charge is 2.25. The Balaban J connectivity index is 1.46. The zero-order chi connectivity index (χ0) is 20.1. The van der Waals surface area contributed by atoms with Crippen molar-refractivity contribution >= 4 is 11.8 Å². The monoisotopic (exact) mass is 384 g/mol. The van der Waals surface area contributed by atoms with Crippen LogP contribution in [-0.4, -0.2) is 41.0 Å². The smallest absolute Gasteiger partial charge is 0.253 e. The van der Waals surface area contributed by atoms with Crippen LogP contribution in [0.25, 0.3) is 0 Å². The lowest BCUT2D eigenvalue weighted by Crippen LogP contribution is -2.46. The van der Waals surface area contributed by atoms with Crippen molar-refractivity contribution in [3.63, 3.8) is 0 Å². The van der Waals surface area contributed by atoms with E-state index in [4.69, 9.17) is 0 Å². The zero-order valence-corrected chi connectivity index (χ0v) is 15.9. The molecule has 0 aliphatic carbocycles. The molecule has 28 heavy (non-hydrogen) atoms. The van der Waals surface area contributed by atoms with Gasteiger partial charge in [0.05, 0.1) is 12.5 Å². The molecule has 0 saturated carbocycles. The van der Waals surface area contributed by atoms with Crippen LogP contribution in [0.2, 0.25) is 0 Å². The largest absolute Gasteiger partial charge is 0.388 e. The van der Waals surface area contributed by atoms with Crippen LogP contribution in [0.4, 0.5) is 4.39 Å². The predicted molar refractivity (Wildman–Crippen MR) is 104 cm³/mol. The van der Waals surface area contributed by atoms with Crippen molar-refractivity contribution in [3.05, 3.63) is 71.0 Å². The van der Waals surface area contributed by atoms with Gasteiger partial charge < -0.3 is 15.3 Å². The molecular weight excluding hydrogens is 359 g/mol. The molecule has 1 heterocycles. The number of halogens is 1. The topological polar surface area (TPSA) is 69.6 Å². The average molecular weight is 384 g/mol. The average Bonchev–Trinajstić information content (AvgIpc) is 2.68. The number of nitrogens with one attached hydrogen (secondary N) is 1. The fourth-order valence-electron chi connectivity index (χ4n) is 3.40. The number of aliphatic hydroxyl groups excluding tert-OH is 1. The Kier molecular flexibility index (Phi) is 6.41. The van der Waals surface area contributed by atoms with E-state index in [0.717, 1.165) is 5.56 Å². The van der Waals surface area contributed by atoms with Crippen LogP contribution in [0, 0.1) is 12.7 Å². The summed E-state index contributed by atoms with van der Waals surface area (Å²) in [5.74, 6) is -0.714. The summed E-state index contributed by atoms with van der Waals surface area (Å²) in [5.41, 5.74) is 2.17. The van der Waals surface area contributed by atoms with Crippen LogP contribution in [0.3, 0.4) is 0 Å². The molecule has 0 radical (unpaired) electrons. The Morgan fingerprint density at radius 2 is 1.86 bits per heavy atom. The number of aliphatic hydroxyl groups is 1. The number of nitrogens with zero attached hydrogens (tertiary/aromatic N) is 1. The number of piperidine rings is 1. The van der Waals surface area contributed by atoms with Gasteiger partial charge in [-0.2, -0.15) is 0 Å². The van der Waals surface area contributed by atoms with Crippen LogP contribution >= 0.6 is 0 Å². The molecule has 1 aliphatic heterocycles. The summed E-state index contributed by atoms with van der Waals surface area (Å²) in [5, 5.41) is 13.0. The second-order valence-electron chi connectivity index (χ2n) is 7.27. The molecule has 5 nitrogen and oxygen atoms in total. The summed E-state index contributed by atoms with van der Waals surface area (Å²) in [7, 11) is 0. The van der Waals surface area contributed by atoms with E-state index in [1.807, 2.05) is 31.2 Å².